The molecule has 0 heterocycles. The molecule has 0 atom stereocenters. The fraction of sp³-hybridized carbons (Fsp3) is 0.647. The second kappa shape index (κ2) is 26.9. The lowest BCUT2D eigenvalue weighted by atomic mass is 9.88. The van der Waals surface area contributed by atoms with Gasteiger partial charge < -0.3 is 37.9 Å². The highest BCUT2D eigenvalue weighted by molar-refractivity contribution is 5.78. The van der Waals surface area contributed by atoms with Crippen LogP contribution in [0.1, 0.15) is 52.4 Å². The fourth-order valence-electron chi connectivity index (χ4n) is 3.77. The summed E-state index contributed by atoms with van der Waals surface area (Å²) in [6.07, 6.45) is 7.03. The Morgan fingerprint density at radius 3 is 0.957 bits per heavy atom. The molecule has 0 N–H and O–H groups in total. The zero-order valence-electron chi connectivity index (χ0n) is 27.8. The highest BCUT2D eigenvalue weighted by atomic mass is 16.6. The lowest BCUT2D eigenvalue weighted by Gasteiger charge is -2.31. The van der Waals surface area contributed by atoms with Gasteiger partial charge in [-0.2, -0.15) is 0 Å². The molecule has 0 aromatic heterocycles. The van der Waals surface area contributed by atoms with Gasteiger partial charge in [0.2, 0.25) is 0 Å². The molecule has 0 amide bonds. The van der Waals surface area contributed by atoms with Crippen molar-refractivity contribution in [1.29, 1.82) is 0 Å². The van der Waals surface area contributed by atoms with E-state index < -0.39 is 34.7 Å². The summed E-state index contributed by atoms with van der Waals surface area (Å²) >= 11 is 0. The van der Waals surface area contributed by atoms with Crippen molar-refractivity contribution < 1.29 is 57.1 Å². The first-order valence-corrected chi connectivity index (χ1v) is 15.5. The summed E-state index contributed by atoms with van der Waals surface area (Å²) in [5.41, 5.74) is -1.10. The third-order valence-electron chi connectivity index (χ3n) is 6.83. The van der Waals surface area contributed by atoms with E-state index in [9.17, 15) is 19.2 Å². The van der Waals surface area contributed by atoms with Crippen molar-refractivity contribution in [3.8, 4) is 0 Å². The molecule has 0 bridgehead atoms. The van der Waals surface area contributed by atoms with Gasteiger partial charge in [0.25, 0.3) is 0 Å². The molecule has 0 radical (unpaired) electrons. The molecule has 262 valence electrons. The monoisotopic (exact) mass is 654 g/mol. The SMILES string of the molecule is C=CCOCC(CC)(COCC=C)COC(=O)CCC(=O)OCCOC(=O)CCC(=O)OCC(CC)(COCC=C)COCC=C. The zero-order chi connectivity index (χ0) is 34.5. The maximum Gasteiger partial charge on any atom is 0.306 e. The van der Waals surface area contributed by atoms with Crippen LogP contribution in [0.2, 0.25) is 0 Å². The highest BCUT2D eigenvalue weighted by Gasteiger charge is 2.32. The van der Waals surface area contributed by atoms with E-state index in [0.29, 0.717) is 65.7 Å². The van der Waals surface area contributed by atoms with E-state index in [1.165, 1.54) is 0 Å². The quantitative estimate of drug-likeness (QED) is 0.0455. The molecule has 0 aromatic carbocycles. The Bertz CT molecular complexity index is 827. The van der Waals surface area contributed by atoms with Crippen LogP contribution in [-0.2, 0) is 57.1 Å². The van der Waals surface area contributed by atoms with Crippen LogP contribution >= 0.6 is 0 Å². The van der Waals surface area contributed by atoms with Gasteiger partial charge in [-0.3, -0.25) is 19.2 Å². The molecule has 0 rings (SSSR count). The summed E-state index contributed by atoms with van der Waals surface area (Å²) in [7, 11) is 0. The maximum absolute atomic E-state index is 12.3. The minimum absolute atomic E-state index is 0.0585. The van der Waals surface area contributed by atoms with Crippen LogP contribution in [-0.4, -0.2) is 103 Å². The molecule has 12 heteroatoms. The molecule has 0 aliphatic rings. The largest absolute Gasteiger partial charge is 0.465 e. The first kappa shape index (κ1) is 42.7. The lowest BCUT2D eigenvalue weighted by molar-refractivity contribution is -0.158. The zero-order valence-corrected chi connectivity index (χ0v) is 27.8. The van der Waals surface area contributed by atoms with Gasteiger partial charge in [0.05, 0.1) is 89.4 Å². The minimum atomic E-state index is -0.643. The predicted octanol–water partition coefficient (Wildman–Crippen LogP) is 4.32. The van der Waals surface area contributed by atoms with Crippen LogP contribution in [0.25, 0.3) is 0 Å². The minimum Gasteiger partial charge on any atom is -0.465 e. The molecule has 0 saturated carbocycles. The second-order valence-electron chi connectivity index (χ2n) is 10.7. The van der Waals surface area contributed by atoms with Crippen molar-refractivity contribution >= 4 is 23.9 Å². The van der Waals surface area contributed by atoms with Crippen molar-refractivity contribution in [2.75, 3.05) is 79.3 Å². The summed E-state index contributed by atoms with van der Waals surface area (Å²) in [5.74, 6) is -2.42. The third kappa shape index (κ3) is 20.7. The topological polar surface area (TPSA) is 142 Å². The molecule has 46 heavy (non-hydrogen) atoms. The fourth-order valence-corrected chi connectivity index (χ4v) is 3.77. The summed E-state index contributed by atoms with van der Waals surface area (Å²) in [5, 5.41) is 0. The number of hydrogen-bond donors (Lipinski definition) is 0. The molecule has 0 aliphatic carbocycles. The van der Waals surface area contributed by atoms with Crippen molar-refractivity contribution in [2.45, 2.75) is 52.4 Å². The van der Waals surface area contributed by atoms with Gasteiger partial charge in [-0.25, -0.2) is 0 Å². The first-order chi connectivity index (χ1) is 22.1. The number of carbonyl (C=O) groups excluding carboxylic acids is 4. The smallest absolute Gasteiger partial charge is 0.306 e. The molecule has 0 saturated heterocycles. The van der Waals surface area contributed by atoms with E-state index in [1.807, 2.05) is 13.8 Å². The summed E-state index contributed by atoms with van der Waals surface area (Å²) < 4.78 is 43.3. The molecule has 0 spiro atoms. The van der Waals surface area contributed by atoms with Crippen LogP contribution < -0.4 is 0 Å². The van der Waals surface area contributed by atoms with Gasteiger partial charge in [0, 0.05) is 0 Å². The van der Waals surface area contributed by atoms with Crippen LogP contribution in [0.4, 0.5) is 0 Å². The Kier molecular flexibility index (Phi) is 24.9. The summed E-state index contributed by atoms with van der Waals surface area (Å²) in [6.45, 7) is 20.8. The Hall–Kier alpha value is -3.32. The standard InChI is InChI=1S/C34H54O12/c1-7-17-39-23-33(11-5,24-40-18-8-2)27-45-31(37)15-13-29(35)43-21-22-44-30(36)14-16-32(38)46-28-34(12-6,25-41-19-9-3)26-42-20-10-4/h7-10H,1-4,11-28H2,5-6H3. The van der Waals surface area contributed by atoms with Gasteiger partial charge >= 0.3 is 23.9 Å². The Morgan fingerprint density at radius 2 is 0.717 bits per heavy atom. The van der Waals surface area contributed by atoms with Gasteiger partial charge in [0.1, 0.15) is 26.4 Å². The predicted molar refractivity (Wildman–Crippen MR) is 172 cm³/mol. The van der Waals surface area contributed by atoms with Crippen molar-refractivity contribution in [1.82, 2.24) is 0 Å². The Balaban J connectivity index is 4.40. The van der Waals surface area contributed by atoms with Crippen LogP contribution in [0.3, 0.4) is 0 Å². The second-order valence-corrected chi connectivity index (χ2v) is 10.7. The van der Waals surface area contributed by atoms with Crippen molar-refractivity contribution in [3.05, 3.63) is 50.6 Å². The normalized spacial score (nSPS) is 11.3. The molecule has 0 aliphatic heterocycles. The third-order valence-corrected chi connectivity index (χ3v) is 6.83. The van der Waals surface area contributed by atoms with Crippen molar-refractivity contribution in [2.24, 2.45) is 10.8 Å². The van der Waals surface area contributed by atoms with Crippen LogP contribution in [0, 0.1) is 10.8 Å². The highest BCUT2D eigenvalue weighted by Crippen LogP contribution is 2.25. The number of esters is 4. The van der Waals surface area contributed by atoms with E-state index in [2.05, 4.69) is 26.3 Å². The molecule has 0 fully saturated rings. The van der Waals surface area contributed by atoms with E-state index in [-0.39, 0.29) is 52.1 Å². The average Bonchev–Trinajstić information content (AvgIpc) is 3.06. The molecular weight excluding hydrogens is 600 g/mol. The number of carbonyl (C=O) groups is 4. The van der Waals surface area contributed by atoms with Crippen LogP contribution in [0.15, 0.2) is 50.6 Å². The first-order valence-electron chi connectivity index (χ1n) is 15.5. The van der Waals surface area contributed by atoms with E-state index >= 15 is 0 Å². The maximum atomic E-state index is 12.3. The molecule has 12 nitrogen and oxygen atoms in total. The van der Waals surface area contributed by atoms with E-state index in [4.69, 9.17) is 37.9 Å². The van der Waals surface area contributed by atoms with Gasteiger partial charge in [-0.15, -0.1) is 26.3 Å². The number of ether oxygens (including phenoxy) is 8. The van der Waals surface area contributed by atoms with E-state index in [1.54, 1.807) is 24.3 Å². The van der Waals surface area contributed by atoms with Gasteiger partial charge in [0.15, 0.2) is 0 Å². The lowest BCUT2D eigenvalue weighted by Crippen LogP contribution is -2.37. The summed E-state index contributed by atoms with van der Waals surface area (Å²) in [4.78, 5) is 48.6. The van der Waals surface area contributed by atoms with Crippen LogP contribution in [0.5, 0.6) is 0 Å². The number of rotatable bonds is 31. The molecular formula is C34H54O12. The van der Waals surface area contributed by atoms with Gasteiger partial charge in [-0.1, -0.05) is 38.2 Å². The Morgan fingerprint density at radius 1 is 0.457 bits per heavy atom. The molecule has 0 aromatic rings. The molecule has 0 unspecified atom stereocenters. The van der Waals surface area contributed by atoms with Gasteiger partial charge in [-0.05, 0) is 12.8 Å². The summed E-state index contributed by atoms with van der Waals surface area (Å²) in [6, 6.07) is 0. The number of hydrogen-bond acceptors (Lipinski definition) is 12. The van der Waals surface area contributed by atoms with E-state index in [0.717, 1.165) is 0 Å². The average molecular weight is 655 g/mol. The van der Waals surface area contributed by atoms with Crippen molar-refractivity contribution in [3.63, 3.8) is 0 Å². The Labute approximate surface area is 274 Å².